The lowest BCUT2D eigenvalue weighted by Gasteiger charge is -2.25. The van der Waals surface area contributed by atoms with E-state index in [1.54, 1.807) is 6.20 Å². The number of aromatic nitrogens is 2. The highest BCUT2D eigenvalue weighted by Gasteiger charge is 2.13. The van der Waals surface area contributed by atoms with Crippen LogP contribution < -0.4 is 0 Å². The maximum atomic E-state index is 4.15. The van der Waals surface area contributed by atoms with E-state index in [1.807, 2.05) is 26.0 Å². The SMILES string of the molecule is C#C.CC.CN1CCc2ccc(-c3cccnn3)cc2C1.c1ccc2ccccc2c1. The van der Waals surface area contributed by atoms with Crippen LogP contribution in [0.5, 0.6) is 0 Å². The summed E-state index contributed by atoms with van der Waals surface area (Å²) in [7, 11) is 2.16. The summed E-state index contributed by atoms with van der Waals surface area (Å²) in [5, 5.41) is 10.7. The average molecular weight is 410 g/mol. The van der Waals surface area contributed by atoms with E-state index < -0.39 is 0 Å². The van der Waals surface area contributed by atoms with Crippen molar-refractivity contribution in [2.75, 3.05) is 13.6 Å². The van der Waals surface area contributed by atoms with Crippen LogP contribution in [0, 0.1) is 12.8 Å². The first-order valence-corrected chi connectivity index (χ1v) is 10.6. The minimum Gasteiger partial charge on any atom is -0.302 e. The minimum atomic E-state index is 0.948. The molecule has 0 atom stereocenters. The van der Waals surface area contributed by atoms with Gasteiger partial charge in [0.2, 0.25) is 0 Å². The van der Waals surface area contributed by atoms with Gasteiger partial charge in [-0.25, -0.2) is 0 Å². The standard InChI is InChI=1S/C14H15N3.C10H8.C2H6.C2H2/c1-17-8-6-11-4-5-12(9-13(11)10-17)14-3-2-7-15-16-14;1-2-6-10-8-4-3-7-9(10)5-1;2*1-2/h2-5,7,9H,6,8,10H2,1H3;1-8H;1-2H3;1-2H. The topological polar surface area (TPSA) is 29.0 Å². The molecule has 0 aliphatic carbocycles. The second kappa shape index (κ2) is 13.0. The minimum absolute atomic E-state index is 0.948. The molecule has 0 amide bonds. The molecule has 3 heteroatoms. The first kappa shape index (κ1) is 23.8. The Morgan fingerprint density at radius 3 is 1.94 bits per heavy atom. The fourth-order valence-electron chi connectivity index (χ4n) is 3.45. The monoisotopic (exact) mass is 409 g/mol. The molecule has 0 bridgehead atoms. The molecule has 0 N–H and O–H groups in total. The molecule has 3 aromatic carbocycles. The van der Waals surface area contributed by atoms with Crippen molar-refractivity contribution in [3.05, 3.63) is 96.2 Å². The Labute approximate surface area is 186 Å². The lowest BCUT2D eigenvalue weighted by Crippen LogP contribution is -2.26. The second-order valence-corrected chi connectivity index (χ2v) is 6.93. The quantitative estimate of drug-likeness (QED) is 0.348. The predicted octanol–water partition coefficient (Wildman–Crippen LogP) is 6.25. The predicted molar refractivity (Wildman–Crippen MR) is 133 cm³/mol. The number of terminal acetylenes is 1. The van der Waals surface area contributed by atoms with Crippen molar-refractivity contribution < 1.29 is 0 Å². The number of likely N-dealkylation sites (N-methyl/N-ethyl adjacent to an activating group) is 1. The first-order chi connectivity index (χ1) is 15.3. The molecule has 0 spiro atoms. The van der Waals surface area contributed by atoms with Crippen LogP contribution in [-0.2, 0) is 13.0 Å². The van der Waals surface area contributed by atoms with Crippen molar-refractivity contribution >= 4 is 10.8 Å². The van der Waals surface area contributed by atoms with Crippen molar-refractivity contribution in [3.8, 4) is 24.1 Å². The Bertz CT molecular complexity index is 1010. The van der Waals surface area contributed by atoms with Crippen molar-refractivity contribution in [1.29, 1.82) is 0 Å². The highest BCUT2D eigenvalue weighted by molar-refractivity contribution is 5.82. The molecule has 1 aliphatic rings. The van der Waals surface area contributed by atoms with Crippen LogP contribution in [0.2, 0.25) is 0 Å². The average Bonchev–Trinajstić information content (AvgIpc) is 2.87. The molecule has 158 valence electrons. The molecule has 0 radical (unpaired) electrons. The van der Waals surface area contributed by atoms with Gasteiger partial charge in [0.15, 0.2) is 0 Å². The van der Waals surface area contributed by atoms with Crippen LogP contribution >= 0.6 is 0 Å². The van der Waals surface area contributed by atoms with Crippen molar-refractivity contribution in [1.82, 2.24) is 15.1 Å². The summed E-state index contributed by atoms with van der Waals surface area (Å²) in [4.78, 5) is 2.35. The third-order valence-electron chi connectivity index (χ3n) is 4.94. The summed E-state index contributed by atoms with van der Waals surface area (Å²) in [5.41, 5.74) is 4.99. The second-order valence-electron chi connectivity index (χ2n) is 6.93. The van der Waals surface area contributed by atoms with Crippen LogP contribution in [0.3, 0.4) is 0 Å². The van der Waals surface area contributed by atoms with Gasteiger partial charge in [0.25, 0.3) is 0 Å². The first-order valence-electron chi connectivity index (χ1n) is 10.6. The molecule has 0 saturated heterocycles. The molecular formula is C28H31N3. The number of hydrogen-bond acceptors (Lipinski definition) is 3. The molecule has 5 rings (SSSR count). The lowest BCUT2D eigenvalue weighted by atomic mass is 9.97. The van der Waals surface area contributed by atoms with Crippen LogP contribution in [0.4, 0.5) is 0 Å². The molecule has 3 nitrogen and oxygen atoms in total. The zero-order valence-electron chi connectivity index (χ0n) is 18.7. The number of rotatable bonds is 1. The van der Waals surface area contributed by atoms with Crippen LogP contribution in [0.15, 0.2) is 85.1 Å². The number of nitrogens with zero attached hydrogens (tertiary/aromatic N) is 3. The molecule has 0 saturated carbocycles. The number of fused-ring (bicyclic) bond motifs is 2. The van der Waals surface area contributed by atoms with Crippen LogP contribution in [-0.4, -0.2) is 28.7 Å². The Hall–Kier alpha value is -3.48. The number of benzene rings is 3. The van der Waals surface area contributed by atoms with E-state index in [2.05, 4.69) is 102 Å². The molecule has 1 aliphatic heterocycles. The van der Waals surface area contributed by atoms with Gasteiger partial charge in [-0.2, -0.15) is 10.2 Å². The summed E-state index contributed by atoms with van der Waals surface area (Å²) in [5.74, 6) is 0. The van der Waals surface area contributed by atoms with E-state index in [9.17, 15) is 0 Å². The zero-order valence-corrected chi connectivity index (χ0v) is 18.7. The molecule has 4 aromatic rings. The summed E-state index contributed by atoms with van der Waals surface area (Å²) in [6.07, 6.45) is 10.8. The highest BCUT2D eigenvalue weighted by Crippen LogP contribution is 2.24. The maximum absolute atomic E-state index is 4.15. The van der Waals surface area contributed by atoms with E-state index in [0.717, 1.165) is 30.8 Å². The zero-order chi connectivity index (χ0) is 22.5. The summed E-state index contributed by atoms with van der Waals surface area (Å²) < 4.78 is 0. The van der Waals surface area contributed by atoms with Gasteiger partial charge in [-0.3, -0.25) is 0 Å². The Balaban J connectivity index is 0.000000208. The van der Waals surface area contributed by atoms with Gasteiger partial charge in [0.1, 0.15) is 0 Å². The molecule has 1 aromatic heterocycles. The maximum Gasteiger partial charge on any atom is 0.0929 e. The van der Waals surface area contributed by atoms with E-state index in [1.165, 1.54) is 21.9 Å². The smallest absolute Gasteiger partial charge is 0.0929 e. The van der Waals surface area contributed by atoms with E-state index in [4.69, 9.17) is 0 Å². The van der Waals surface area contributed by atoms with Gasteiger partial charge in [0, 0.05) is 24.8 Å². The van der Waals surface area contributed by atoms with Crippen molar-refractivity contribution in [3.63, 3.8) is 0 Å². The largest absolute Gasteiger partial charge is 0.302 e. The normalized spacial score (nSPS) is 12.0. The highest BCUT2D eigenvalue weighted by atomic mass is 15.1. The molecule has 2 heterocycles. The van der Waals surface area contributed by atoms with E-state index in [-0.39, 0.29) is 0 Å². The van der Waals surface area contributed by atoms with Gasteiger partial charge < -0.3 is 4.90 Å². The Morgan fingerprint density at radius 2 is 1.39 bits per heavy atom. The third-order valence-corrected chi connectivity index (χ3v) is 4.94. The summed E-state index contributed by atoms with van der Waals surface area (Å²) in [6, 6.07) is 27.3. The van der Waals surface area contributed by atoms with Gasteiger partial charge in [-0.15, -0.1) is 12.8 Å². The van der Waals surface area contributed by atoms with E-state index in [0.29, 0.717) is 0 Å². The van der Waals surface area contributed by atoms with Gasteiger partial charge >= 0.3 is 0 Å². The van der Waals surface area contributed by atoms with Gasteiger partial charge in [-0.05, 0) is 53.6 Å². The third kappa shape index (κ3) is 6.77. The van der Waals surface area contributed by atoms with Gasteiger partial charge in [0.05, 0.1) is 5.69 Å². The molecule has 31 heavy (non-hydrogen) atoms. The van der Waals surface area contributed by atoms with E-state index >= 15 is 0 Å². The number of hydrogen-bond donors (Lipinski definition) is 0. The fourth-order valence-corrected chi connectivity index (χ4v) is 3.45. The lowest BCUT2D eigenvalue weighted by molar-refractivity contribution is 0.313. The van der Waals surface area contributed by atoms with Crippen LogP contribution in [0.1, 0.15) is 25.0 Å². The van der Waals surface area contributed by atoms with Crippen molar-refractivity contribution in [2.45, 2.75) is 26.8 Å². The van der Waals surface area contributed by atoms with Crippen molar-refractivity contribution in [2.24, 2.45) is 0 Å². The fraction of sp³-hybridized carbons (Fsp3) is 0.214. The van der Waals surface area contributed by atoms with Crippen LogP contribution in [0.25, 0.3) is 22.0 Å². The summed E-state index contributed by atoms with van der Waals surface area (Å²) >= 11 is 0. The molecular weight excluding hydrogens is 378 g/mol. The Morgan fingerprint density at radius 1 is 0.774 bits per heavy atom. The summed E-state index contributed by atoms with van der Waals surface area (Å²) in [6.45, 7) is 6.18. The molecule has 0 fully saturated rings. The molecule has 0 unspecified atom stereocenters. The van der Waals surface area contributed by atoms with Gasteiger partial charge in [-0.1, -0.05) is 74.5 Å². The Kier molecular flexibility index (Phi) is 9.94.